The summed E-state index contributed by atoms with van der Waals surface area (Å²) in [4.78, 5) is 16.4. The van der Waals surface area contributed by atoms with Crippen LogP contribution < -0.4 is 5.32 Å². The monoisotopic (exact) mass is 331 g/mol. The highest BCUT2D eigenvalue weighted by atomic mass is 16.3. The van der Waals surface area contributed by atoms with Crippen molar-refractivity contribution in [3.05, 3.63) is 65.9 Å². The standard InChI is InChI=1S/C19H13N3O3/c20-11-13(19(25)22-14-4-6-15(23)7-5-14)10-12-3-8-17(24)18-16(12)2-1-9-21-18/h1-10,23-24H,(H,22,25). The molecule has 0 fully saturated rings. The van der Waals surface area contributed by atoms with E-state index in [2.05, 4.69) is 10.3 Å². The summed E-state index contributed by atoms with van der Waals surface area (Å²) in [5.41, 5.74) is 1.36. The van der Waals surface area contributed by atoms with Crippen LogP contribution in [-0.2, 0) is 4.79 Å². The molecule has 3 rings (SSSR count). The van der Waals surface area contributed by atoms with Gasteiger partial charge in [0.25, 0.3) is 5.91 Å². The molecule has 0 unspecified atom stereocenters. The molecule has 0 atom stereocenters. The molecule has 1 heterocycles. The molecule has 0 spiro atoms. The van der Waals surface area contributed by atoms with Gasteiger partial charge in [-0.3, -0.25) is 9.78 Å². The van der Waals surface area contributed by atoms with E-state index in [1.54, 1.807) is 24.4 Å². The first-order valence-electron chi connectivity index (χ1n) is 7.37. The highest BCUT2D eigenvalue weighted by Crippen LogP contribution is 2.27. The highest BCUT2D eigenvalue weighted by molar-refractivity contribution is 6.10. The first kappa shape index (κ1) is 16.0. The van der Waals surface area contributed by atoms with Gasteiger partial charge in [0.1, 0.15) is 28.7 Å². The van der Waals surface area contributed by atoms with Gasteiger partial charge in [-0.15, -0.1) is 0 Å². The predicted octanol–water partition coefficient (Wildman–Crippen LogP) is 3.19. The SMILES string of the molecule is N#CC(=Cc1ccc(O)c2ncccc12)C(=O)Nc1ccc(O)cc1. The summed E-state index contributed by atoms with van der Waals surface area (Å²) in [5.74, 6) is -0.463. The van der Waals surface area contributed by atoms with E-state index in [4.69, 9.17) is 0 Å². The molecule has 0 aliphatic rings. The van der Waals surface area contributed by atoms with E-state index in [1.807, 2.05) is 6.07 Å². The summed E-state index contributed by atoms with van der Waals surface area (Å²) in [6, 6.07) is 14.4. The van der Waals surface area contributed by atoms with Gasteiger partial charge >= 0.3 is 0 Å². The second-order valence-electron chi connectivity index (χ2n) is 5.24. The Morgan fingerprint density at radius 3 is 2.60 bits per heavy atom. The average Bonchev–Trinajstić information content (AvgIpc) is 2.63. The number of amides is 1. The highest BCUT2D eigenvalue weighted by Gasteiger charge is 2.12. The number of anilines is 1. The van der Waals surface area contributed by atoms with Crippen molar-refractivity contribution in [2.75, 3.05) is 5.32 Å². The maximum Gasteiger partial charge on any atom is 0.266 e. The topological polar surface area (TPSA) is 106 Å². The summed E-state index contributed by atoms with van der Waals surface area (Å²) < 4.78 is 0. The second-order valence-corrected chi connectivity index (χ2v) is 5.24. The first-order valence-corrected chi connectivity index (χ1v) is 7.37. The van der Waals surface area contributed by atoms with Crippen molar-refractivity contribution in [2.45, 2.75) is 0 Å². The number of pyridine rings is 1. The van der Waals surface area contributed by atoms with Gasteiger partial charge in [0, 0.05) is 17.3 Å². The van der Waals surface area contributed by atoms with Gasteiger partial charge < -0.3 is 15.5 Å². The Morgan fingerprint density at radius 1 is 1.12 bits per heavy atom. The van der Waals surface area contributed by atoms with Crippen molar-refractivity contribution in [3.63, 3.8) is 0 Å². The van der Waals surface area contributed by atoms with Gasteiger partial charge in [0.05, 0.1) is 0 Å². The molecule has 0 saturated heterocycles. The number of nitrogens with zero attached hydrogens (tertiary/aromatic N) is 2. The molecule has 6 heteroatoms. The lowest BCUT2D eigenvalue weighted by atomic mass is 10.0. The van der Waals surface area contributed by atoms with Crippen molar-refractivity contribution >= 4 is 28.6 Å². The van der Waals surface area contributed by atoms with Gasteiger partial charge in [-0.2, -0.15) is 5.26 Å². The zero-order valence-corrected chi connectivity index (χ0v) is 13.0. The molecule has 25 heavy (non-hydrogen) atoms. The maximum absolute atomic E-state index is 12.3. The number of phenols is 2. The minimum Gasteiger partial charge on any atom is -0.508 e. The zero-order valence-electron chi connectivity index (χ0n) is 13.0. The van der Waals surface area contributed by atoms with Crippen molar-refractivity contribution < 1.29 is 15.0 Å². The fourth-order valence-electron chi connectivity index (χ4n) is 2.35. The van der Waals surface area contributed by atoms with Crippen molar-refractivity contribution in [2.24, 2.45) is 0 Å². The van der Waals surface area contributed by atoms with E-state index < -0.39 is 5.91 Å². The molecule has 3 N–H and O–H groups in total. The largest absolute Gasteiger partial charge is 0.508 e. The van der Waals surface area contributed by atoms with Crippen LogP contribution in [-0.4, -0.2) is 21.1 Å². The van der Waals surface area contributed by atoms with E-state index >= 15 is 0 Å². The lowest BCUT2D eigenvalue weighted by molar-refractivity contribution is -0.112. The minimum atomic E-state index is -0.571. The molecule has 0 aliphatic carbocycles. The fraction of sp³-hybridized carbons (Fsp3) is 0. The van der Waals surface area contributed by atoms with Gasteiger partial charge in [-0.05, 0) is 48.0 Å². The number of nitrogens with one attached hydrogen (secondary N) is 1. The van der Waals surface area contributed by atoms with E-state index in [0.717, 1.165) is 0 Å². The number of carbonyl (C=O) groups is 1. The number of fused-ring (bicyclic) bond motifs is 1. The zero-order chi connectivity index (χ0) is 17.8. The number of aromatic nitrogens is 1. The first-order chi connectivity index (χ1) is 12.1. The number of carbonyl (C=O) groups excluding carboxylic acids is 1. The number of phenolic OH excluding ortho intramolecular Hbond substituents is 2. The number of hydrogen-bond donors (Lipinski definition) is 3. The fourth-order valence-corrected chi connectivity index (χ4v) is 2.35. The smallest absolute Gasteiger partial charge is 0.266 e. The lowest BCUT2D eigenvalue weighted by Gasteiger charge is -2.06. The molecule has 0 radical (unpaired) electrons. The van der Waals surface area contributed by atoms with Crippen LogP contribution >= 0.6 is 0 Å². The summed E-state index contributed by atoms with van der Waals surface area (Å²) >= 11 is 0. The molecule has 1 amide bonds. The van der Waals surface area contributed by atoms with Crippen molar-refractivity contribution in [1.29, 1.82) is 5.26 Å². The van der Waals surface area contributed by atoms with E-state index in [-0.39, 0.29) is 17.1 Å². The molecule has 1 aromatic heterocycles. The summed E-state index contributed by atoms with van der Waals surface area (Å²) in [7, 11) is 0. The third-order valence-electron chi connectivity index (χ3n) is 3.57. The molecule has 0 saturated carbocycles. The molecule has 122 valence electrons. The Bertz CT molecular complexity index is 1020. The van der Waals surface area contributed by atoms with E-state index in [9.17, 15) is 20.3 Å². The normalized spacial score (nSPS) is 11.1. The number of nitriles is 1. The van der Waals surface area contributed by atoms with Crippen LogP contribution in [0.2, 0.25) is 0 Å². The Labute approximate surface area is 143 Å². The van der Waals surface area contributed by atoms with Gasteiger partial charge in [-0.1, -0.05) is 12.1 Å². The molecule has 0 bridgehead atoms. The summed E-state index contributed by atoms with van der Waals surface area (Å²) in [6.45, 7) is 0. The maximum atomic E-state index is 12.3. The Morgan fingerprint density at radius 2 is 1.88 bits per heavy atom. The van der Waals surface area contributed by atoms with E-state index in [1.165, 1.54) is 36.4 Å². The molecule has 6 nitrogen and oxygen atoms in total. The Kier molecular flexibility index (Phi) is 4.31. The molecular formula is C19H13N3O3. The number of aromatic hydroxyl groups is 2. The molecule has 3 aromatic rings. The van der Waals surface area contributed by atoms with E-state index in [0.29, 0.717) is 22.2 Å². The molecule has 0 aliphatic heterocycles. The second kappa shape index (κ2) is 6.72. The average molecular weight is 331 g/mol. The third kappa shape index (κ3) is 3.41. The van der Waals surface area contributed by atoms with Crippen LogP contribution in [0, 0.1) is 11.3 Å². The predicted molar refractivity (Wildman–Crippen MR) is 93.7 cm³/mol. The Hall–Kier alpha value is -3.85. The van der Waals surface area contributed by atoms with Gasteiger partial charge in [0.15, 0.2) is 0 Å². The minimum absolute atomic E-state index is 0.0276. The quantitative estimate of drug-likeness (QED) is 0.388. The molecule has 2 aromatic carbocycles. The van der Waals surface area contributed by atoms with Crippen LogP contribution in [0.4, 0.5) is 5.69 Å². The number of hydrogen-bond acceptors (Lipinski definition) is 5. The Balaban J connectivity index is 1.96. The van der Waals surface area contributed by atoms with Crippen molar-refractivity contribution in [3.8, 4) is 17.6 Å². The third-order valence-corrected chi connectivity index (χ3v) is 3.57. The lowest BCUT2D eigenvalue weighted by Crippen LogP contribution is -2.13. The number of rotatable bonds is 3. The van der Waals surface area contributed by atoms with Gasteiger partial charge in [0.2, 0.25) is 0 Å². The molecular weight excluding hydrogens is 318 g/mol. The van der Waals surface area contributed by atoms with Crippen LogP contribution in [0.15, 0.2) is 60.3 Å². The van der Waals surface area contributed by atoms with Crippen LogP contribution in [0.25, 0.3) is 17.0 Å². The van der Waals surface area contributed by atoms with Crippen LogP contribution in [0.3, 0.4) is 0 Å². The number of benzene rings is 2. The van der Waals surface area contributed by atoms with Crippen LogP contribution in [0.1, 0.15) is 5.56 Å². The van der Waals surface area contributed by atoms with Crippen LogP contribution in [0.5, 0.6) is 11.5 Å². The van der Waals surface area contributed by atoms with Crippen molar-refractivity contribution in [1.82, 2.24) is 4.98 Å². The summed E-state index contributed by atoms with van der Waals surface area (Å²) in [5, 5.41) is 31.7. The van der Waals surface area contributed by atoms with Gasteiger partial charge in [-0.25, -0.2) is 0 Å². The summed E-state index contributed by atoms with van der Waals surface area (Å²) in [6.07, 6.45) is 3.00.